The first-order valence-electron chi connectivity index (χ1n) is 7.81. The minimum Gasteiger partial charge on any atom is -0.541 e. The Morgan fingerprint density at radius 2 is 1.70 bits per heavy atom. The number of allylic oxidation sites excluding steroid dienone is 1. The van der Waals surface area contributed by atoms with Gasteiger partial charge in [0.15, 0.2) is 0 Å². The van der Waals surface area contributed by atoms with Crippen molar-refractivity contribution in [2.75, 3.05) is 0 Å². The molecule has 2 rings (SSSR count). The average Bonchev–Trinajstić information content (AvgIpc) is 2.64. The fourth-order valence-electron chi connectivity index (χ4n) is 2.95. The van der Waals surface area contributed by atoms with Crippen LogP contribution in [0.1, 0.15) is 44.7 Å². The van der Waals surface area contributed by atoms with Gasteiger partial charge in [0, 0.05) is 12.0 Å². The van der Waals surface area contributed by atoms with Crippen LogP contribution in [0, 0.1) is 0 Å². The van der Waals surface area contributed by atoms with Crippen LogP contribution in [-0.2, 0) is 10.8 Å². The molecular formula is C17H25FOSi. The molecule has 0 bridgehead atoms. The lowest BCUT2D eigenvalue weighted by Gasteiger charge is -2.31. The van der Waals surface area contributed by atoms with Crippen LogP contribution in [0.3, 0.4) is 0 Å². The van der Waals surface area contributed by atoms with Gasteiger partial charge in [0.05, 0.1) is 0 Å². The molecule has 0 N–H and O–H groups in total. The first-order valence-corrected chi connectivity index (χ1v) is 10.3. The van der Waals surface area contributed by atoms with E-state index in [1.165, 1.54) is 5.56 Å². The van der Waals surface area contributed by atoms with Crippen molar-refractivity contribution in [3.63, 3.8) is 0 Å². The number of benzene rings is 1. The van der Waals surface area contributed by atoms with Crippen LogP contribution in [0.25, 0.3) is 5.76 Å². The summed E-state index contributed by atoms with van der Waals surface area (Å²) >= 11 is 0. The molecule has 1 aliphatic rings. The van der Waals surface area contributed by atoms with Gasteiger partial charge in [-0.3, -0.25) is 0 Å². The topological polar surface area (TPSA) is 9.23 Å². The quantitative estimate of drug-likeness (QED) is 0.634. The van der Waals surface area contributed by atoms with Crippen molar-refractivity contribution in [3.05, 3.63) is 41.2 Å². The second-order valence-electron chi connectivity index (χ2n) is 5.59. The predicted molar refractivity (Wildman–Crippen MR) is 85.7 cm³/mol. The third-order valence-electron chi connectivity index (χ3n) is 4.60. The molecule has 1 nitrogen and oxygen atoms in total. The Kier molecular flexibility index (Phi) is 5.03. The molecule has 0 unspecified atom stereocenters. The van der Waals surface area contributed by atoms with Crippen LogP contribution in [-0.4, -0.2) is 8.32 Å². The van der Waals surface area contributed by atoms with Gasteiger partial charge in [-0.2, -0.15) is 0 Å². The summed E-state index contributed by atoms with van der Waals surface area (Å²) in [5.41, 5.74) is 2.20. The van der Waals surface area contributed by atoms with E-state index in [9.17, 15) is 4.39 Å². The molecule has 0 radical (unpaired) electrons. The monoisotopic (exact) mass is 292 g/mol. The summed E-state index contributed by atoms with van der Waals surface area (Å²) in [6.07, 6.45) is 2.32. The zero-order valence-electron chi connectivity index (χ0n) is 12.8. The molecule has 1 aliphatic carbocycles. The molecule has 110 valence electrons. The summed E-state index contributed by atoms with van der Waals surface area (Å²) in [6, 6.07) is 11.2. The summed E-state index contributed by atoms with van der Waals surface area (Å²) in [7, 11) is -1.84. The van der Waals surface area contributed by atoms with Crippen molar-refractivity contribution in [1.82, 2.24) is 0 Å². The van der Waals surface area contributed by atoms with Crippen molar-refractivity contribution >= 4 is 14.1 Å². The molecule has 0 aliphatic heterocycles. The number of rotatable bonds is 5. The van der Waals surface area contributed by atoms with Gasteiger partial charge < -0.3 is 4.43 Å². The average molecular weight is 292 g/mol. The molecule has 1 aromatic rings. The van der Waals surface area contributed by atoms with Gasteiger partial charge in [0.2, 0.25) is 0 Å². The lowest BCUT2D eigenvalue weighted by Crippen LogP contribution is -2.35. The van der Waals surface area contributed by atoms with Gasteiger partial charge >= 0.3 is 0 Å². The first kappa shape index (κ1) is 15.3. The number of halogens is 1. The Balaban J connectivity index is 2.42. The zero-order chi connectivity index (χ0) is 14.6. The SMILES string of the molecule is CC[Si](CC)(CC)OC1=C(F)CCCc2ccccc21. The van der Waals surface area contributed by atoms with E-state index in [4.69, 9.17) is 4.43 Å². The van der Waals surface area contributed by atoms with Crippen LogP contribution in [0.2, 0.25) is 18.1 Å². The van der Waals surface area contributed by atoms with Crippen molar-refractivity contribution in [3.8, 4) is 0 Å². The summed E-state index contributed by atoms with van der Waals surface area (Å²) in [5, 5.41) is 0. The van der Waals surface area contributed by atoms with Crippen LogP contribution >= 0.6 is 0 Å². The lowest BCUT2D eigenvalue weighted by atomic mass is 10.0. The summed E-state index contributed by atoms with van der Waals surface area (Å²) in [4.78, 5) is 0. The third-order valence-corrected chi connectivity index (χ3v) is 9.11. The van der Waals surface area contributed by atoms with Crippen molar-refractivity contribution < 1.29 is 8.82 Å². The molecule has 1 aromatic carbocycles. The maximum absolute atomic E-state index is 14.5. The Labute approximate surface area is 123 Å². The Morgan fingerprint density at radius 1 is 1.05 bits per heavy atom. The molecule has 3 heteroatoms. The molecule has 0 saturated carbocycles. The normalized spacial score (nSPS) is 15.8. The minimum atomic E-state index is -1.84. The predicted octanol–water partition coefficient (Wildman–Crippen LogP) is 5.68. The minimum absolute atomic E-state index is 0.0535. The summed E-state index contributed by atoms with van der Waals surface area (Å²) in [5.74, 6) is 0.498. The molecule has 0 spiro atoms. The van der Waals surface area contributed by atoms with E-state index in [-0.39, 0.29) is 5.83 Å². The fraction of sp³-hybridized carbons (Fsp3) is 0.529. The fourth-order valence-corrected chi connectivity index (χ4v) is 5.53. The number of fused-ring (bicyclic) bond motifs is 1. The van der Waals surface area contributed by atoms with E-state index in [0.29, 0.717) is 12.2 Å². The maximum Gasteiger partial charge on any atom is 0.250 e. The van der Waals surface area contributed by atoms with E-state index in [0.717, 1.165) is 36.5 Å². The third kappa shape index (κ3) is 2.98. The van der Waals surface area contributed by atoms with E-state index in [2.05, 4.69) is 26.8 Å². The largest absolute Gasteiger partial charge is 0.541 e. The van der Waals surface area contributed by atoms with Gasteiger partial charge in [-0.15, -0.1) is 0 Å². The van der Waals surface area contributed by atoms with Crippen LogP contribution in [0.5, 0.6) is 0 Å². The standard InChI is InChI=1S/C17H25FOSi/c1-4-20(5-2,6-3)19-17-15-12-8-7-10-14(15)11-9-13-16(17)18/h7-8,10,12H,4-6,9,11,13H2,1-3H3. The van der Waals surface area contributed by atoms with Gasteiger partial charge in [-0.25, -0.2) is 4.39 Å². The Morgan fingerprint density at radius 3 is 2.35 bits per heavy atom. The van der Waals surface area contributed by atoms with Gasteiger partial charge in [0.25, 0.3) is 8.32 Å². The van der Waals surface area contributed by atoms with Gasteiger partial charge in [0.1, 0.15) is 11.6 Å². The van der Waals surface area contributed by atoms with Gasteiger partial charge in [-0.1, -0.05) is 45.0 Å². The van der Waals surface area contributed by atoms with Gasteiger partial charge in [-0.05, 0) is 36.5 Å². The molecule has 0 saturated heterocycles. The Hall–Kier alpha value is -1.09. The summed E-state index contributed by atoms with van der Waals surface area (Å²) in [6.45, 7) is 6.54. The van der Waals surface area contributed by atoms with Crippen LogP contribution < -0.4 is 0 Å². The van der Waals surface area contributed by atoms with E-state index >= 15 is 0 Å². The lowest BCUT2D eigenvalue weighted by molar-refractivity contribution is 0.457. The molecular weight excluding hydrogens is 267 g/mol. The van der Waals surface area contributed by atoms with Crippen molar-refractivity contribution in [2.45, 2.75) is 58.2 Å². The van der Waals surface area contributed by atoms with Crippen molar-refractivity contribution in [2.24, 2.45) is 0 Å². The smallest absolute Gasteiger partial charge is 0.250 e. The van der Waals surface area contributed by atoms with Crippen molar-refractivity contribution in [1.29, 1.82) is 0 Å². The van der Waals surface area contributed by atoms with Crippen LogP contribution in [0.4, 0.5) is 4.39 Å². The molecule has 0 heterocycles. The highest BCUT2D eigenvalue weighted by Gasteiger charge is 2.33. The first-order chi connectivity index (χ1) is 9.65. The molecule has 0 amide bonds. The van der Waals surface area contributed by atoms with Crippen LogP contribution in [0.15, 0.2) is 30.1 Å². The number of hydrogen-bond acceptors (Lipinski definition) is 1. The zero-order valence-corrected chi connectivity index (χ0v) is 13.8. The molecule has 0 fully saturated rings. The molecule has 20 heavy (non-hydrogen) atoms. The number of aryl methyl sites for hydroxylation is 1. The number of hydrogen-bond donors (Lipinski definition) is 0. The van der Waals surface area contributed by atoms with E-state index < -0.39 is 8.32 Å². The Bertz CT molecular complexity index is 483. The molecule has 0 aromatic heterocycles. The maximum atomic E-state index is 14.5. The second kappa shape index (κ2) is 6.57. The summed E-state index contributed by atoms with van der Waals surface area (Å²) < 4.78 is 20.9. The van der Waals surface area contributed by atoms with E-state index in [1.807, 2.05) is 18.2 Å². The highest BCUT2D eigenvalue weighted by atomic mass is 28.4. The second-order valence-corrected chi connectivity index (χ2v) is 10.3. The highest BCUT2D eigenvalue weighted by Crippen LogP contribution is 2.36. The molecule has 0 atom stereocenters. The van der Waals surface area contributed by atoms with E-state index in [1.54, 1.807) is 0 Å². The highest BCUT2D eigenvalue weighted by molar-refractivity contribution is 6.74.